The van der Waals surface area contributed by atoms with Gasteiger partial charge in [0.15, 0.2) is 0 Å². The van der Waals surface area contributed by atoms with Crippen molar-refractivity contribution in [1.82, 2.24) is 0 Å². The number of rotatable bonds is 5. The quantitative estimate of drug-likeness (QED) is 0.455. The fourth-order valence-electron chi connectivity index (χ4n) is 2.73. The lowest BCUT2D eigenvalue weighted by Crippen LogP contribution is -2.22. The Hall–Kier alpha value is -0.760. The second-order valence-corrected chi connectivity index (χ2v) is 8.31. The summed E-state index contributed by atoms with van der Waals surface area (Å²) >= 11 is 3.78. The van der Waals surface area contributed by atoms with E-state index in [2.05, 4.69) is 81.4 Å². The van der Waals surface area contributed by atoms with Gasteiger partial charge in [-0.3, -0.25) is 0 Å². The normalized spacial score (nSPS) is 24.5. The summed E-state index contributed by atoms with van der Waals surface area (Å²) in [6.07, 6.45) is 11.6. The van der Waals surface area contributed by atoms with E-state index in [1.54, 1.807) is 6.08 Å². The molecule has 2 atom stereocenters. The molecule has 2 unspecified atom stereocenters. The molecule has 0 spiro atoms. The van der Waals surface area contributed by atoms with E-state index in [4.69, 9.17) is 4.74 Å². The third kappa shape index (κ3) is 4.97. The van der Waals surface area contributed by atoms with Crippen molar-refractivity contribution < 1.29 is 4.74 Å². The standard InChI is InChI=1S/C18H27BrO/c1-7-11-20-15-10-9-14(12-18(6,19)13-15)16(8-2)17(3,4)5/h7,9-10,12-13,16H,1,8,11H2,2-6H3. The second-order valence-electron chi connectivity index (χ2n) is 6.60. The van der Waals surface area contributed by atoms with Crippen LogP contribution in [0.1, 0.15) is 41.0 Å². The zero-order chi connectivity index (χ0) is 15.4. The zero-order valence-corrected chi connectivity index (χ0v) is 15.0. The van der Waals surface area contributed by atoms with Gasteiger partial charge in [0, 0.05) is 0 Å². The fraction of sp³-hybridized carbons (Fsp3) is 0.556. The van der Waals surface area contributed by atoms with E-state index in [1.807, 2.05) is 0 Å². The Kier molecular flexibility index (Phi) is 5.88. The van der Waals surface area contributed by atoms with Crippen LogP contribution in [0.2, 0.25) is 0 Å². The molecular formula is C18H27BrO. The first-order valence-electron chi connectivity index (χ1n) is 7.26. The molecule has 112 valence electrons. The van der Waals surface area contributed by atoms with Crippen molar-refractivity contribution in [3.8, 4) is 0 Å². The minimum absolute atomic E-state index is 0.180. The average molecular weight is 339 g/mol. The van der Waals surface area contributed by atoms with E-state index < -0.39 is 0 Å². The van der Waals surface area contributed by atoms with Crippen LogP contribution in [-0.2, 0) is 4.74 Å². The highest BCUT2D eigenvalue weighted by Crippen LogP contribution is 2.39. The van der Waals surface area contributed by atoms with Gasteiger partial charge in [-0.25, -0.2) is 0 Å². The number of alkyl halides is 1. The number of halogens is 1. The second kappa shape index (κ2) is 6.80. The Morgan fingerprint density at radius 2 is 2.00 bits per heavy atom. The molecule has 0 N–H and O–H groups in total. The highest BCUT2D eigenvalue weighted by molar-refractivity contribution is 9.10. The smallest absolute Gasteiger partial charge is 0.117 e. The van der Waals surface area contributed by atoms with Gasteiger partial charge in [0.1, 0.15) is 12.4 Å². The number of ether oxygens (including phenoxy) is 1. The van der Waals surface area contributed by atoms with Gasteiger partial charge < -0.3 is 4.74 Å². The maximum absolute atomic E-state index is 5.69. The maximum atomic E-state index is 5.69. The minimum atomic E-state index is -0.180. The van der Waals surface area contributed by atoms with Crippen LogP contribution >= 0.6 is 15.9 Å². The van der Waals surface area contributed by atoms with Crippen LogP contribution in [0.3, 0.4) is 0 Å². The summed E-state index contributed by atoms with van der Waals surface area (Å²) in [5, 5.41) is 0. The largest absolute Gasteiger partial charge is 0.490 e. The Bertz CT molecular complexity index is 433. The van der Waals surface area contributed by atoms with Gasteiger partial charge in [0.2, 0.25) is 0 Å². The van der Waals surface area contributed by atoms with E-state index in [-0.39, 0.29) is 9.74 Å². The van der Waals surface area contributed by atoms with E-state index in [0.717, 1.165) is 12.2 Å². The Morgan fingerprint density at radius 1 is 1.35 bits per heavy atom. The molecule has 0 fully saturated rings. The van der Waals surface area contributed by atoms with Crippen molar-refractivity contribution in [2.45, 2.75) is 45.4 Å². The predicted octanol–water partition coefficient (Wildman–Crippen LogP) is 5.80. The molecule has 0 aromatic carbocycles. The summed E-state index contributed by atoms with van der Waals surface area (Å²) in [6, 6.07) is 0. The first-order valence-corrected chi connectivity index (χ1v) is 8.05. The van der Waals surface area contributed by atoms with Crippen molar-refractivity contribution in [3.05, 3.63) is 48.3 Å². The summed E-state index contributed by atoms with van der Waals surface area (Å²) in [5.41, 5.74) is 1.62. The topological polar surface area (TPSA) is 9.23 Å². The predicted molar refractivity (Wildman–Crippen MR) is 92.0 cm³/mol. The van der Waals surface area contributed by atoms with Gasteiger partial charge in [0.25, 0.3) is 0 Å². The molecule has 0 aliphatic heterocycles. The van der Waals surface area contributed by atoms with Crippen molar-refractivity contribution in [1.29, 1.82) is 0 Å². The van der Waals surface area contributed by atoms with E-state index in [1.165, 1.54) is 5.57 Å². The molecule has 1 rings (SSSR count). The van der Waals surface area contributed by atoms with E-state index in [9.17, 15) is 0 Å². The van der Waals surface area contributed by atoms with Crippen molar-refractivity contribution >= 4 is 15.9 Å². The molecule has 0 radical (unpaired) electrons. The highest BCUT2D eigenvalue weighted by atomic mass is 79.9. The van der Waals surface area contributed by atoms with E-state index >= 15 is 0 Å². The number of hydrogen-bond donors (Lipinski definition) is 0. The van der Waals surface area contributed by atoms with Gasteiger partial charge in [-0.1, -0.05) is 68.4 Å². The van der Waals surface area contributed by atoms with Gasteiger partial charge in [-0.15, -0.1) is 0 Å². The summed E-state index contributed by atoms with van der Waals surface area (Å²) < 4.78 is 5.51. The van der Waals surface area contributed by atoms with Gasteiger partial charge in [-0.05, 0) is 42.4 Å². The summed E-state index contributed by atoms with van der Waals surface area (Å²) in [4.78, 5) is 0. The molecule has 0 heterocycles. The summed E-state index contributed by atoms with van der Waals surface area (Å²) in [5.74, 6) is 1.42. The molecule has 2 heteroatoms. The highest BCUT2D eigenvalue weighted by Gasteiger charge is 2.28. The van der Waals surface area contributed by atoms with Crippen LogP contribution in [-0.4, -0.2) is 10.9 Å². The summed E-state index contributed by atoms with van der Waals surface area (Å²) in [6.45, 7) is 15.5. The third-order valence-corrected chi connectivity index (χ3v) is 4.00. The number of allylic oxidation sites excluding steroid dienone is 5. The molecule has 0 saturated carbocycles. The van der Waals surface area contributed by atoms with Crippen LogP contribution in [0, 0.1) is 11.3 Å². The monoisotopic (exact) mass is 338 g/mol. The SMILES string of the molecule is C=CCOC1=CC(C)(Br)C=C(C(CC)C(C)(C)C)C=C1. The van der Waals surface area contributed by atoms with Crippen LogP contribution < -0.4 is 0 Å². The Labute approximate surface area is 132 Å². The first-order chi connectivity index (χ1) is 9.19. The first kappa shape index (κ1) is 17.3. The molecule has 1 aliphatic rings. The van der Waals surface area contributed by atoms with Crippen LogP contribution in [0.5, 0.6) is 0 Å². The fourth-order valence-corrected chi connectivity index (χ4v) is 3.22. The molecule has 1 nitrogen and oxygen atoms in total. The lowest BCUT2D eigenvalue weighted by molar-refractivity contribution is 0.260. The average Bonchev–Trinajstić information content (AvgIpc) is 2.44. The Morgan fingerprint density at radius 3 is 2.50 bits per heavy atom. The molecule has 0 aromatic heterocycles. The van der Waals surface area contributed by atoms with Crippen molar-refractivity contribution in [2.24, 2.45) is 11.3 Å². The molecule has 0 saturated heterocycles. The van der Waals surface area contributed by atoms with Crippen molar-refractivity contribution in [2.75, 3.05) is 6.61 Å². The van der Waals surface area contributed by atoms with Crippen LogP contribution in [0.25, 0.3) is 0 Å². The minimum Gasteiger partial charge on any atom is -0.490 e. The van der Waals surface area contributed by atoms with Gasteiger partial charge in [-0.2, -0.15) is 0 Å². The van der Waals surface area contributed by atoms with Gasteiger partial charge in [0.05, 0.1) is 4.32 Å². The third-order valence-electron chi connectivity index (χ3n) is 3.54. The van der Waals surface area contributed by atoms with Crippen LogP contribution in [0.15, 0.2) is 48.3 Å². The molecular weight excluding hydrogens is 312 g/mol. The van der Waals surface area contributed by atoms with Crippen molar-refractivity contribution in [3.63, 3.8) is 0 Å². The van der Waals surface area contributed by atoms with Crippen LogP contribution in [0.4, 0.5) is 0 Å². The molecule has 0 bridgehead atoms. The van der Waals surface area contributed by atoms with Gasteiger partial charge >= 0.3 is 0 Å². The Balaban J connectivity index is 3.07. The lowest BCUT2D eigenvalue weighted by Gasteiger charge is -2.32. The maximum Gasteiger partial charge on any atom is 0.117 e. The number of hydrogen-bond acceptors (Lipinski definition) is 1. The van der Waals surface area contributed by atoms with E-state index in [0.29, 0.717) is 12.5 Å². The molecule has 20 heavy (non-hydrogen) atoms. The zero-order valence-electron chi connectivity index (χ0n) is 13.4. The lowest BCUT2D eigenvalue weighted by atomic mass is 9.74. The molecule has 0 aromatic rings. The molecule has 1 aliphatic carbocycles. The molecule has 0 amide bonds. The summed E-state index contributed by atoms with van der Waals surface area (Å²) in [7, 11) is 0.